The minimum atomic E-state index is -3.97. The van der Waals surface area contributed by atoms with Crippen molar-refractivity contribution in [2.75, 3.05) is 25.1 Å². The van der Waals surface area contributed by atoms with Gasteiger partial charge in [-0.1, -0.05) is 0 Å². The summed E-state index contributed by atoms with van der Waals surface area (Å²) < 4.78 is 39.4. The van der Waals surface area contributed by atoms with Crippen LogP contribution in [0.15, 0.2) is 41.4 Å². The van der Waals surface area contributed by atoms with Crippen LogP contribution in [0.25, 0.3) is 0 Å². The first kappa shape index (κ1) is 22.8. The maximum Gasteiger partial charge on any atom is 0.354 e. The van der Waals surface area contributed by atoms with Gasteiger partial charge < -0.3 is 19.4 Å². The van der Waals surface area contributed by atoms with Crippen molar-refractivity contribution in [3.63, 3.8) is 0 Å². The Labute approximate surface area is 182 Å². The Bertz CT molecular complexity index is 1050. The summed E-state index contributed by atoms with van der Waals surface area (Å²) in [5.74, 6) is -0.309. The summed E-state index contributed by atoms with van der Waals surface area (Å²) in [4.78, 5) is 24.9. The van der Waals surface area contributed by atoms with Crippen molar-refractivity contribution in [3.8, 4) is 5.75 Å². The van der Waals surface area contributed by atoms with E-state index >= 15 is 0 Å². The number of ether oxygens (including phenoxy) is 2. The fraction of sp³-hybridized carbons (Fsp3) is 0.429. The zero-order valence-electron chi connectivity index (χ0n) is 17.8. The van der Waals surface area contributed by atoms with E-state index in [4.69, 9.17) is 9.47 Å². The highest BCUT2D eigenvalue weighted by molar-refractivity contribution is 7.89. The number of carbonyl (C=O) groups excluding carboxylic acids is 2. The molecule has 0 unspecified atom stereocenters. The third-order valence-corrected chi connectivity index (χ3v) is 6.88. The van der Waals surface area contributed by atoms with Gasteiger partial charge in [0.15, 0.2) is 0 Å². The average molecular weight is 450 g/mol. The number of hydrogen-bond acceptors (Lipinski definition) is 6. The molecule has 31 heavy (non-hydrogen) atoms. The Balaban J connectivity index is 1.77. The molecule has 3 rings (SSSR count). The number of benzene rings is 1. The molecule has 1 N–H and O–H groups in total. The summed E-state index contributed by atoms with van der Waals surface area (Å²) in [6.07, 6.45) is 2.35. The molecule has 1 aliphatic heterocycles. The molecule has 10 heteroatoms. The molecular weight excluding hydrogens is 422 g/mol. The van der Waals surface area contributed by atoms with Crippen molar-refractivity contribution in [2.24, 2.45) is 7.05 Å². The first-order valence-corrected chi connectivity index (χ1v) is 11.6. The van der Waals surface area contributed by atoms with Gasteiger partial charge in [0.05, 0.1) is 13.2 Å². The molecule has 2 aromatic rings. The highest BCUT2D eigenvalue weighted by atomic mass is 32.2. The minimum absolute atomic E-state index is 0.0428. The number of anilines is 1. The largest absolute Gasteiger partial charge is 0.494 e. The van der Waals surface area contributed by atoms with E-state index in [1.54, 1.807) is 38.2 Å². The number of nitrogens with one attached hydrogen (secondary N) is 1. The fourth-order valence-corrected chi connectivity index (χ4v) is 5.26. The molecule has 2 heterocycles. The quantitative estimate of drug-likeness (QED) is 0.620. The molecule has 1 amide bonds. The molecule has 0 aliphatic carbocycles. The topological polar surface area (TPSA) is 107 Å². The summed E-state index contributed by atoms with van der Waals surface area (Å²) >= 11 is 0. The van der Waals surface area contributed by atoms with Crippen LogP contribution in [-0.2, 0) is 26.6 Å². The van der Waals surface area contributed by atoms with Crippen LogP contribution in [0.5, 0.6) is 5.75 Å². The summed E-state index contributed by atoms with van der Waals surface area (Å²) in [6.45, 7) is 4.51. The maximum atomic E-state index is 13.2. The number of carbonyl (C=O) groups is 2. The van der Waals surface area contributed by atoms with Gasteiger partial charge in [-0.15, -0.1) is 0 Å². The summed E-state index contributed by atoms with van der Waals surface area (Å²) in [6, 6.07) is 7.35. The second-order valence-electron chi connectivity index (χ2n) is 7.11. The van der Waals surface area contributed by atoms with Gasteiger partial charge in [-0.3, -0.25) is 4.79 Å². The number of aromatic nitrogens is 1. The maximum absolute atomic E-state index is 13.2. The predicted octanol–water partition coefficient (Wildman–Crippen LogP) is 2.39. The number of aryl methyl sites for hydroxylation is 1. The first-order valence-electron chi connectivity index (χ1n) is 10.2. The smallest absolute Gasteiger partial charge is 0.354 e. The lowest BCUT2D eigenvalue weighted by Crippen LogP contribution is -2.43. The van der Waals surface area contributed by atoms with E-state index in [1.807, 2.05) is 6.92 Å². The minimum Gasteiger partial charge on any atom is -0.494 e. The number of rotatable bonds is 8. The Hall–Kier alpha value is -2.85. The number of nitrogens with zero attached hydrogens (tertiary/aromatic N) is 2. The van der Waals surface area contributed by atoms with Crippen molar-refractivity contribution in [1.29, 1.82) is 0 Å². The highest BCUT2D eigenvalue weighted by Crippen LogP contribution is 2.28. The second-order valence-corrected chi connectivity index (χ2v) is 9.00. The molecule has 1 fully saturated rings. The molecule has 1 aromatic carbocycles. The Morgan fingerprint density at radius 2 is 1.87 bits per heavy atom. The molecule has 0 radical (unpaired) electrons. The van der Waals surface area contributed by atoms with Crippen molar-refractivity contribution in [2.45, 2.75) is 37.6 Å². The standard InChI is InChI=1S/C21H27N3O6S/c1-4-29-16-10-8-15(9-11-16)22-20(25)18-7-6-12-24(18)31(27,28)17-13-19(23(3)14-17)21(26)30-5-2/h8-11,13-14,18H,4-7,12H2,1-3H3,(H,22,25)/t18-/m0/s1. The summed E-state index contributed by atoms with van der Waals surface area (Å²) in [5, 5.41) is 2.78. The molecule has 0 bridgehead atoms. The lowest BCUT2D eigenvalue weighted by Gasteiger charge is -2.23. The van der Waals surface area contributed by atoms with Crippen molar-refractivity contribution >= 4 is 27.6 Å². The van der Waals surface area contributed by atoms with E-state index in [2.05, 4.69) is 5.32 Å². The van der Waals surface area contributed by atoms with Crippen LogP contribution in [0.1, 0.15) is 37.2 Å². The van der Waals surface area contributed by atoms with E-state index in [-0.39, 0.29) is 23.7 Å². The van der Waals surface area contributed by atoms with Gasteiger partial charge in [0.25, 0.3) is 0 Å². The number of hydrogen-bond donors (Lipinski definition) is 1. The molecular formula is C21H27N3O6S. The van der Waals surface area contributed by atoms with Crippen molar-refractivity contribution < 1.29 is 27.5 Å². The molecule has 1 atom stereocenters. The van der Waals surface area contributed by atoms with Crippen LogP contribution in [0, 0.1) is 0 Å². The Morgan fingerprint density at radius 3 is 2.52 bits per heavy atom. The van der Waals surface area contributed by atoms with Gasteiger partial charge in [-0.2, -0.15) is 4.31 Å². The van der Waals surface area contributed by atoms with Crippen LogP contribution in [0.2, 0.25) is 0 Å². The van der Waals surface area contributed by atoms with Crippen LogP contribution >= 0.6 is 0 Å². The predicted molar refractivity (Wildman–Crippen MR) is 115 cm³/mol. The molecule has 1 saturated heterocycles. The summed E-state index contributed by atoms with van der Waals surface area (Å²) in [5.41, 5.74) is 0.692. The highest BCUT2D eigenvalue weighted by Gasteiger charge is 2.40. The SMILES string of the molecule is CCOC(=O)c1cc(S(=O)(=O)N2CCC[C@H]2C(=O)Nc2ccc(OCC)cc2)cn1C. The van der Waals surface area contributed by atoms with E-state index in [0.29, 0.717) is 30.9 Å². The monoisotopic (exact) mass is 449 g/mol. The fourth-order valence-electron chi connectivity index (χ4n) is 3.54. The van der Waals surface area contributed by atoms with E-state index in [9.17, 15) is 18.0 Å². The van der Waals surface area contributed by atoms with Crippen LogP contribution in [0.4, 0.5) is 5.69 Å². The molecule has 1 aromatic heterocycles. The van der Waals surface area contributed by atoms with E-state index in [1.165, 1.54) is 21.1 Å². The van der Waals surface area contributed by atoms with Gasteiger partial charge in [0.2, 0.25) is 15.9 Å². The van der Waals surface area contributed by atoms with Gasteiger partial charge in [-0.25, -0.2) is 13.2 Å². The number of esters is 1. The van der Waals surface area contributed by atoms with Crippen LogP contribution < -0.4 is 10.1 Å². The van der Waals surface area contributed by atoms with Gasteiger partial charge in [0.1, 0.15) is 22.4 Å². The molecule has 0 spiro atoms. The first-order chi connectivity index (χ1) is 14.8. The van der Waals surface area contributed by atoms with Crippen molar-refractivity contribution in [3.05, 3.63) is 42.2 Å². The average Bonchev–Trinajstić information content (AvgIpc) is 3.37. The number of amides is 1. The van der Waals surface area contributed by atoms with Crippen molar-refractivity contribution in [1.82, 2.24) is 8.87 Å². The third kappa shape index (κ3) is 4.91. The molecule has 0 saturated carbocycles. The zero-order chi connectivity index (χ0) is 22.6. The van der Waals surface area contributed by atoms with Gasteiger partial charge >= 0.3 is 5.97 Å². The van der Waals surface area contributed by atoms with Gasteiger partial charge in [-0.05, 0) is 57.0 Å². The number of sulfonamides is 1. The molecule has 1 aliphatic rings. The van der Waals surface area contributed by atoms with E-state index in [0.717, 1.165) is 0 Å². The molecule has 9 nitrogen and oxygen atoms in total. The third-order valence-electron chi connectivity index (χ3n) is 5.01. The lowest BCUT2D eigenvalue weighted by molar-refractivity contribution is -0.119. The van der Waals surface area contributed by atoms with E-state index < -0.39 is 27.9 Å². The zero-order valence-corrected chi connectivity index (χ0v) is 18.6. The molecule has 168 valence electrons. The second kappa shape index (κ2) is 9.52. The Kier molecular flexibility index (Phi) is 7.01. The lowest BCUT2D eigenvalue weighted by atomic mass is 10.2. The van der Waals surface area contributed by atoms with Crippen LogP contribution in [-0.4, -0.2) is 55.0 Å². The Morgan fingerprint density at radius 1 is 1.16 bits per heavy atom. The van der Waals surface area contributed by atoms with Crippen LogP contribution in [0.3, 0.4) is 0 Å². The summed E-state index contributed by atoms with van der Waals surface area (Å²) in [7, 11) is -2.39. The van der Waals surface area contributed by atoms with Gasteiger partial charge in [0, 0.05) is 25.5 Å². The normalized spacial score (nSPS) is 16.8.